The number of hydrogen-bond donors (Lipinski definition) is 3. The highest BCUT2D eigenvalue weighted by Crippen LogP contribution is 2.24. The van der Waals surface area contributed by atoms with Gasteiger partial charge in [0.15, 0.2) is 0 Å². The number of amides is 2. The lowest BCUT2D eigenvalue weighted by Gasteiger charge is -2.12. The summed E-state index contributed by atoms with van der Waals surface area (Å²) in [6, 6.07) is 9.62. The molecule has 0 radical (unpaired) electrons. The topological polar surface area (TPSA) is 148 Å². The molecule has 0 aromatic heterocycles. The number of aryl methyl sites for hydroxylation is 1. The fourth-order valence-electron chi connectivity index (χ4n) is 3.62. The molecule has 2 amide bonds. The summed E-state index contributed by atoms with van der Waals surface area (Å²) >= 11 is 0. The summed E-state index contributed by atoms with van der Waals surface area (Å²) in [6.07, 6.45) is 4.42. The van der Waals surface area contributed by atoms with Gasteiger partial charge in [-0.3, -0.25) is 24.4 Å². The molecule has 0 aliphatic heterocycles. The maximum Gasteiger partial charge on any atom is 0.273 e. The highest BCUT2D eigenvalue weighted by Gasteiger charge is 2.20. The van der Waals surface area contributed by atoms with Gasteiger partial charge in [0.25, 0.3) is 21.6 Å². The average molecular weight is 475 g/mol. The van der Waals surface area contributed by atoms with E-state index in [4.69, 9.17) is 0 Å². The lowest BCUT2D eigenvalue weighted by atomic mass is 10.2. The number of carbonyl (C=O) groups is 2. The van der Waals surface area contributed by atoms with E-state index < -0.39 is 14.9 Å². The van der Waals surface area contributed by atoms with Crippen LogP contribution in [0.1, 0.15) is 48.0 Å². The van der Waals surface area contributed by atoms with Crippen molar-refractivity contribution in [1.29, 1.82) is 0 Å². The summed E-state index contributed by atoms with van der Waals surface area (Å²) in [5.41, 5.74) is 0.568. The molecule has 1 aliphatic carbocycles. The van der Waals surface area contributed by atoms with Crippen molar-refractivity contribution in [2.75, 3.05) is 11.3 Å². The Kier molecular flexibility index (Phi) is 7.64. The Bertz CT molecular complexity index is 1140. The van der Waals surface area contributed by atoms with Gasteiger partial charge in [0.05, 0.1) is 9.82 Å². The molecule has 0 bridgehead atoms. The van der Waals surface area contributed by atoms with Crippen molar-refractivity contribution in [2.24, 2.45) is 0 Å². The molecule has 33 heavy (non-hydrogen) atoms. The van der Waals surface area contributed by atoms with Gasteiger partial charge in [-0.15, -0.1) is 0 Å². The molecule has 2 aromatic rings. The third kappa shape index (κ3) is 6.51. The van der Waals surface area contributed by atoms with E-state index in [1.165, 1.54) is 43.3 Å². The number of hydrogen-bond acceptors (Lipinski definition) is 6. The Hall–Kier alpha value is -3.47. The van der Waals surface area contributed by atoms with Crippen LogP contribution in [0.2, 0.25) is 0 Å². The Morgan fingerprint density at radius 1 is 1.09 bits per heavy atom. The minimum Gasteiger partial charge on any atom is -0.353 e. The number of anilines is 1. The second-order valence-corrected chi connectivity index (χ2v) is 9.63. The van der Waals surface area contributed by atoms with Crippen molar-refractivity contribution in [3.63, 3.8) is 0 Å². The first-order chi connectivity index (χ1) is 15.7. The zero-order valence-corrected chi connectivity index (χ0v) is 19.0. The maximum atomic E-state index is 12.6. The minimum atomic E-state index is -4.05. The highest BCUT2D eigenvalue weighted by atomic mass is 32.2. The number of rotatable bonds is 9. The van der Waals surface area contributed by atoms with Crippen molar-refractivity contribution in [1.82, 2.24) is 10.6 Å². The van der Waals surface area contributed by atoms with Gasteiger partial charge in [-0.25, -0.2) is 8.42 Å². The summed E-state index contributed by atoms with van der Waals surface area (Å²) in [5, 5.41) is 16.7. The zero-order valence-electron chi connectivity index (χ0n) is 18.2. The number of sulfonamides is 1. The number of nitro benzene ring substituents is 1. The molecule has 11 heteroatoms. The number of carbonyl (C=O) groups excluding carboxylic acids is 2. The molecule has 0 heterocycles. The van der Waals surface area contributed by atoms with Crippen molar-refractivity contribution in [3.8, 4) is 0 Å². The van der Waals surface area contributed by atoms with E-state index in [1.54, 1.807) is 0 Å². The van der Waals surface area contributed by atoms with E-state index in [9.17, 15) is 28.1 Å². The quantitative estimate of drug-likeness (QED) is 0.376. The fraction of sp³-hybridized carbons (Fsp3) is 0.364. The third-order valence-electron chi connectivity index (χ3n) is 5.44. The summed E-state index contributed by atoms with van der Waals surface area (Å²) in [7, 11) is -4.05. The molecule has 10 nitrogen and oxygen atoms in total. The molecule has 3 rings (SSSR count). The molecule has 0 unspecified atom stereocenters. The first-order valence-electron chi connectivity index (χ1n) is 10.6. The first kappa shape index (κ1) is 24.2. The van der Waals surface area contributed by atoms with E-state index in [0.29, 0.717) is 11.1 Å². The second kappa shape index (κ2) is 10.4. The van der Waals surface area contributed by atoms with Crippen LogP contribution in [0.15, 0.2) is 47.4 Å². The molecule has 0 spiro atoms. The molecule has 176 valence electrons. The molecule has 3 N–H and O–H groups in total. The number of nitro groups is 1. The predicted octanol–water partition coefficient (Wildman–Crippen LogP) is 2.88. The summed E-state index contributed by atoms with van der Waals surface area (Å²) in [5.74, 6) is -0.476. The number of nitrogens with zero attached hydrogens (tertiary/aromatic N) is 1. The van der Waals surface area contributed by atoms with Crippen LogP contribution in [0.3, 0.4) is 0 Å². The molecule has 1 fully saturated rings. The van der Waals surface area contributed by atoms with Gasteiger partial charge >= 0.3 is 0 Å². The van der Waals surface area contributed by atoms with Gasteiger partial charge in [-0.2, -0.15) is 0 Å². The standard InChI is InChI=1S/C22H26N4O6S/c1-15-6-11-19(14-20(15)26(29)30)33(31,32)25-18-9-7-16(8-10-18)22(28)23-13-12-21(27)24-17-4-2-3-5-17/h6-11,14,17,25H,2-5,12-13H2,1H3,(H,23,28)(H,24,27). The van der Waals surface area contributed by atoms with Crippen molar-refractivity contribution in [2.45, 2.75) is 50.0 Å². The maximum absolute atomic E-state index is 12.6. The summed E-state index contributed by atoms with van der Waals surface area (Å²) < 4.78 is 27.5. The SMILES string of the molecule is Cc1ccc(S(=O)(=O)Nc2ccc(C(=O)NCCC(=O)NC3CCCC3)cc2)cc1[N+](=O)[O-]. The van der Waals surface area contributed by atoms with Gasteiger partial charge < -0.3 is 10.6 Å². The number of benzene rings is 2. The molecule has 2 aromatic carbocycles. The predicted molar refractivity (Wildman–Crippen MR) is 122 cm³/mol. The van der Waals surface area contributed by atoms with Crippen LogP contribution in [0, 0.1) is 17.0 Å². The van der Waals surface area contributed by atoms with E-state index in [1.807, 2.05) is 0 Å². The van der Waals surface area contributed by atoms with Crippen molar-refractivity contribution in [3.05, 3.63) is 63.7 Å². The first-order valence-corrected chi connectivity index (χ1v) is 12.1. The van der Waals surface area contributed by atoms with Crippen molar-refractivity contribution < 1.29 is 22.9 Å². The lowest BCUT2D eigenvalue weighted by molar-refractivity contribution is -0.385. The van der Waals surface area contributed by atoms with Crippen LogP contribution < -0.4 is 15.4 Å². The Morgan fingerprint density at radius 3 is 2.39 bits per heavy atom. The van der Waals surface area contributed by atoms with Crippen LogP contribution in [0.4, 0.5) is 11.4 Å². The van der Waals surface area contributed by atoms with Crippen LogP contribution in [-0.4, -0.2) is 37.7 Å². The Morgan fingerprint density at radius 2 is 1.76 bits per heavy atom. The van der Waals surface area contributed by atoms with Crippen LogP contribution >= 0.6 is 0 Å². The molecular weight excluding hydrogens is 448 g/mol. The van der Waals surface area contributed by atoms with E-state index in [0.717, 1.165) is 31.7 Å². The average Bonchev–Trinajstić information content (AvgIpc) is 3.26. The van der Waals surface area contributed by atoms with Crippen LogP contribution in [0.25, 0.3) is 0 Å². The highest BCUT2D eigenvalue weighted by molar-refractivity contribution is 7.92. The van der Waals surface area contributed by atoms with E-state index >= 15 is 0 Å². The smallest absolute Gasteiger partial charge is 0.273 e. The molecule has 1 aliphatic rings. The Labute approximate surface area is 192 Å². The zero-order chi connectivity index (χ0) is 24.0. The lowest BCUT2D eigenvalue weighted by Crippen LogP contribution is -2.35. The molecular formula is C22H26N4O6S. The molecule has 1 saturated carbocycles. The summed E-state index contributed by atoms with van der Waals surface area (Å²) in [4.78, 5) is 34.4. The van der Waals surface area contributed by atoms with Crippen LogP contribution in [-0.2, 0) is 14.8 Å². The van der Waals surface area contributed by atoms with Gasteiger partial charge in [-0.05, 0) is 50.1 Å². The largest absolute Gasteiger partial charge is 0.353 e. The fourth-order valence-corrected chi connectivity index (χ4v) is 4.70. The van der Waals surface area contributed by atoms with Gasteiger partial charge in [0.2, 0.25) is 5.91 Å². The normalized spacial score (nSPS) is 14.0. The molecule has 0 saturated heterocycles. The second-order valence-electron chi connectivity index (χ2n) is 7.94. The monoisotopic (exact) mass is 474 g/mol. The third-order valence-corrected chi connectivity index (χ3v) is 6.82. The van der Waals surface area contributed by atoms with Crippen LogP contribution in [0.5, 0.6) is 0 Å². The number of nitrogens with one attached hydrogen (secondary N) is 3. The van der Waals surface area contributed by atoms with E-state index in [-0.39, 0.29) is 47.1 Å². The molecule has 0 atom stereocenters. The summed E-state index contributed by atoms with van der Waals surface area (Å²) in [6.45, 7) is 1.71. The van der Waals surface area contributed by atoms with E-state index in [2.05, 4.69) is 15.4 Å². The van der Waals surface area contributed by atoms with Gasteiger partial charge in [0.1, 0.15) is 0 Å². The Balaban J connectivity index is 1.55. The van der Waals surface area contributed by atoms with Gasteiger partial charge in [-0.1, -0.05) is 18.9 Å². The van der Waals surface area contributed by atoms with Crippen molar-refractivity contribution >= 4 is 33.2 Å². The minimum absolute atomic E-state index is 0.0942. The van der Waals surface area contributed by atoms with Gasteiger partial charge in [0, 0.05) is 41.9 Å².